The van der Waals surface area contributed by atoms with Gasteiger partial charge in [0.25, 0.3) is 0 Å². The Morgan fingerprint density at radius 3 is 2.32 bits per heavy atom. The Bertz CT molecular complexity index is 360. The van der Waals surface area contributed by atoms with Crippen LogP contribution in [0.2, 0.25) is 0 Å². The van der Waals surface area contributed by atoms with Gasteiger partial charge in [-0.1, -0.05) is 63.8 Å². The zero-order valence-corrected chi connectivity index (χ0v) is 12.4. The van der Waals surface area contributed by atoms with E-state index in [0.29, 0.717) is 5.92 Å². The summed E-state index contributed by atoms with van der Waals surface area (Å²) in [5.74, 6) is 1.47. The lowest BCUT2D eigenvalue weighted by atomic mass is 9.95. The van der Waals surface area contributed by atoms with Crippen LogP contribution in [0.25, 0.3) is 0 Å². The summed E-state index contributed by atoms with van der Waals surface area (Å²) in [6.07, 6.45) is 8.40. The Hall–Kier alpha value is -0.820. The maximum absolute atomic E-state index is 10.1. The Kier molecular flexibility index (Phi) is 5.45. The molecule has 0 aliphatic heterocycles. The van der Waals surface area contributed by atoms with Gasteiger partial charge in [0.15, 0.2) is 0 Å². The third-order valence-electron chi connectivity index (χ3n) is 4.50. The monoisotopic (exact) mass is 260 g/mol. The predicted octanol–water partition coefficient (Wildman–Crippen LogP) is 4.68. The summed E-state index contributed by atoms with van der Waals surface area (Å²) >= 11 is 0. The first-order valence-electron chi connectivity index (χ1n) is 7.92. The van der Waals surface area contributed by atoms with Gasteiger partial charge in [0.2, 0.25) is 0 Å². The van der Waals surface area contributed by atoms with Crippen LogP contribution in [0.5, 0.6) is 0 Å². The van der Waals surface area contributed by atoms with Gasteiger partial charge in [0, 0.05) is 0 Å². The van der Waals surface area contributed by atoms with Crippen molar-refractivity contribution in [2.45, 2.75) is 70.8 Å². The average Bonchev–Trinajstić information content (AvgIpc) is 2.90. The van der Waals surface area contributed by atoms with E-state index in [0.717, 1.165) is 18.8 Å². The number of hydrogen-bond acceptors (Lipinski definition) is 1. The first kappa shape index (κ1) is 14.6. The fourth-order valence-electron chi connectivity index (χ4n) is 3.14. The molecule has 0 heterocycles. The lowest BCUT2D eigenvalue weighted by Gasteiger charge is -2.14. The van der Waals surface area contributed by atoms with Crippen molar-refractivity contribution < 1.29 is 5.11 Å². The molecule has 19 heavy (non-hydrogen) atoms. The zero-order valence-electron chi connectivity index (χ0n) is 12.4. The molecule has 0 bridgehead atoms. The molecule has 1 aromatic rings. The van der Waals surface area contributed by atoms with Crippen molar-refractivity contribution in [1.82, 2.24) is 0 Å². The van der Waals surface area contributed by atoms with Gasteiger partial charge in [0.1, 0.15) is 0 Å². The van der Waals surface area contributed by atoms with Crippen molar-refractivity contribution in [3.8, 4) is 0 Å². The quantitative estimate of drug-likeness (QED) is 0.787. The largest absolute Gasteiger partial charge is 0.393 e. The smallest absolute Gasteiger partial charge is 0.0580 e. The van der Waals surface area contributed by atoms with E-state index in [1.165, 1.54) is 43.2 Å². The van der Waals surface area contributed by atoms with E-state index in [9.17, 15) is 5.11 Å². The molecule has 0 spiro atoms. The maximum atomic E-state index is 10.1. The molecule has 1 aliphatic carbocycles. The summed E-state index contributed by atoms with van der Waals surface area (Å²) in [6.45, 7) is 4.43. The van der Waals surface area contributed by atoms with Crippen LogP contribution < -0.4 is 0 Å². The minimum Gasteiger partial charge on any atom is -0.393 e. The van der Waals surface area contributed by atoms with Crippen molar-refractivity contribution in [3.63, 3.8) is 0 Å². The van der Waals surface area contributed by atoms with E-state index >= 15 is 0 Å². The van der Waals surface area contributed by atoms with E-state index in [1.807, 2.05) is 0 Å². The summed E-state index contributed by atoms with van der Waals surface area (Å²) < 4.78 is 0. The van der Waals surface area contributed by atoms with Gasteiger partial charge in [-0.25, -0.2) is 0 Å². The minimum atomic E-state index is -0.162. The van der Waals surface area contributed by atoms with Gasteiger partial charge >= 0.3 is 0 Å². The Morgan fingerprint density at radius 2 is 1.74 bits per heavy atom. The molecule has 2 rings (SSSR count). The van der Waals surface area contributed by atoms with E-state index in [-0.39, 0.29) is 6.10 Å². The van der Waals surface area contributed by atoms with Gasteiger partial charge in [-0.3, -0.25) is 0 Å². The van der Waals surface area contributed by atoms with Gasteiger partial charge < -0.3 is 5.11 Å². The molecule has 1 N–H and O–H groups in total. The SMILES string of the molecule is CC(C)c1ccc(CC(O)CCC2CCCC2)cc1. The van der Waals surface area contributed by atoms with E-state index in [1.54, 1.807) is 0 Å². The highest BCUT2D eigenvalue weighted by molar-refractivity contribution is 5.25. The van der Waals surface area contributed by atoms with Crippen LogP contribution in [0, 0.1) is 5.92 Å². The number of rotatable bonds is 6. The molecule has 1 fully saturated rings. The molecule has 1 heteroatoms. The van der Waals surface area contributed by atoms with E-state index in [2.05, 4.69) is 38.1 Å². The molecule has 106 valence electrons. The molecule has 1 unspecified atom stereocenters. The third-order valence-corrected chi connectivity index (χ3v) is 4.50. The fraction of sp³-hybridized carbons (Fsp3) is 0.667. The van der Waals surface area contributed by atoms with Crippen molar-refractivity contribution in [1.29, 1.82) is 0 Å². The lowest BCUT2D eigenvalue weighted by Crippen LogP contribution is -2.12. The van der Waals surface area contributed by atoms with Crippen LogP contribution >= 0.6 is 0 Å². The van der Waals surface area contributed by atoms with Crippen LogP contribution in [-0.4, -0.2) is 11.2 Å². The Morgan fingerprint density at radius 1 is 1.11 bits per heavy atom. The highest BCUT2D eigenvalue weighted by Gasteiger charge is 2.16. The first-order valence-corrected chi connectivity index (χ1v) is 7.92. The van der Waals surface area contributed by atoms with Crippen molar-refractivity contribution in [3.05, 3.63) is 35.4 Å². The molecule has 1 aliphatic rings. The second-order valence-corrected chi connectivity index (χ2v) is 6.48. The molecule has 0 amide bonds. The van der Waals surface area contributed by atoms with Crippen molar-refractivity contribution in [2.24, 2.45) is 5.92 Å². The number of benzene rings is 1. The molecule has 1 nitrogen and oxygen atoms in total. The second kappa shape index (κ2) is 7.09. The highest BCUT2D eigenvalue weighted by Crippen LogP contribution is 2.29. The first-order chi connectivity index (χ1) is 9.15. The molecule has 1 saturated carbocycles. The fourth-order valence-corrected chi connectivity index (χ4v) is 3.14. The summed E-state index contributed by atoms with van der Waals surface area (Å²) in [7, 11) is 0. The Balaban J connectivity index is 1.76. The van der Waals surface area contributed by atoms with Crippen LogP contribution in [0.1, 0.15) is 69.4 Å². The normalized spacial score (nSPS) is 18.1. The third kappa shape index (κ3) is 4.65. The second-order valence-electron chi connectivity index (χ2n) is 6.48. The van der Waals surface area contributed by atoms with Crippen LogP contribution in [0.15, 0.2) is 24.3 Å². The van der Waals surface area contributed by atoms with E-state index < -0.39 is 0 Å². The summed E-state index contributed by atoms with van der Waals surface area (Å²) in [5.41, 5.74) is 2.65. The average molecular weight is 260 g/mol. The maximum Gasteiger partial charge on any atom is 0.0580 e. The lowest BCUT2D eigenvalue weighted by molar-refractivity contribution is 0.155. The van der Waals surface area contributed by atoms with Crippen LogP contribution in [0.3, 0.4) is 0 Å². The van der Waals surface area contributed by atoms with Gasteiger partial charge in [-0.2, -0.15) is 0 Å². The molecular weight excluding hydrogens is 232 g/mol. The minimum absolute atomic E-state index is 0.162. The molecular formula is C18H28O. The summed E-state index contributed by atoms with van der Waals surface area (Å²) in [6, 6.07) is 8.75. The molecule has 1 atom stereocenters. The van der Waals surface area contributed by atoms with Crippen molar-refractivity contribution >= 4 is 0 Å². The predicted molar refractivity (Wildman–Crippen MR) is 81.4 cm³/mol. The zero-order chi connectivity index (χ0) is 13.7. The van der Waals surface area contributed by atoms with Gasteiger partial charge in [-0.05, 0) is 42.2 Å². The van der Waals surface area contributed by atoms with Gasteiger partial charge in [-0.15, -0.1) is 0 Å². The molecule has 0 radical (unpaired) electrons. The van der Waals surface area contributed by atoms with Crippen LogP contribution in [-0.2, 0) is 6.42 Å². The Labute approximate surface area is 118 Å². The standard InChI is InChI=1S/C18H28O/c1-14(2)17-10-7-16(8-11-17)13-18(19)12-9-15-5-3-4-6-15/h7-8,10-11,14-15,18-19H,3-6,9,12-13H2,1-2H3. The summed E-state index contributed by atoms with van der Waals surface area (Å²) in [5, 5.41) is 10.1. The molecule has 0 saturated heterocycles. The topological polar surface area (TPSA) is 20.2 Å². The van der Waals surface area contributed by atoms with Crippen LogP contribution in [0.4, 0.5) is 0 Å². The number of aliphatic hydroxyl groups is 1. The molecule has 1 aromatic carbocycles. The van der Waals surface area contributed by atoms with Gasteiger partial charge in [0.05, 0.1) is 6.10 Å². The van der Waals surface area contributed by atoms with Crippen molar-refractivity contribution in [2.75, 3.05) is 0 Å². The van der Waals surface area contributed by atoms with E-state index in [4.69, 9.17) is 0 Å². The number of hydrogen-bond donors (Lipinski definition) is 1. The number of aliphatic hydroxyl groups excluding tert-OH is 1. The highest BCUT2D eigenvalue weighted by atomic mass is 16.3. The summed E-state index contributed by atoms with van der Waals surface area (Å²) in [4.78, 5) is 0. The molecule has 0 aromatic heterocycles.